The maximum absolute atomic E-state index is 9.67. The van der Waals surface area contributed by atoms with E-state index in [1.165, 1.54) is 12.1 Å². The Kier molecular flexibility index (Phi) is 4.17. The largest absolute Gasteiger partial charge is 0.456 e. The van der Waals surface area contributed by atoms with E-state index >= 15 is 0 Å². The van der Waals surface area contributed by atoms with Crippen molar-refractivity contribution >= 4 is 54.3 Å². The minimum atomic E-state index is -0.499. The van der Waals surface area contributed by atoms with Gasteiger partial charge in [-0.25, -0.2) is 15.0 Å². The monoisotopic (exact) mass is 636 g/mol. The average molecular weight is 637 g/mol. The molecule has 0 spiro atoms. The smallest absolute Gasteiger partial charge is 0.164 e. The molecule has 0 bridgehead atoms. The standard InChI is InChI=1S/C45H27N3O/c1-3-12-31-25-34(21-19-28(31)9-1)43-46-44(35-22-20-29-10-2-4-13-32(29)26-35)48-45(47-43)38-17-8-18-41-42(38)39-27-33(23-24-40(39)49-41)37-16-7-14-30-11-5-6-15-36(30)37/h1-27H/i1D,3D,9D,17D,18D,19D,21D,23D,24D,25D,27D. The van der Waals surface area contributed by atoms with Crippen molar-refractivity contribution in [3.05, 3.63) is 164 Å². The molecule has 0 fully saturated rings. The van der Waals surface area contributed by atoms with Crippen molar-refractivity contribution in [1.29, 1.82) is 0 Å². The number of fused-ring (bicyclic) bond motifs is 6. The molecule has 0 radical (unpaired) electrons. The summed E-state index contributed by atoms with van der Waals surface area (Å²) in [5, 5.41) is 3.43. The first-order chi connectivity index (χ1) is 28.8. The Morgan fingerprint density at radius 1 is 0.429 bits per heavy atom. The summed E-state index contributed by atoms with van der Waals surface area (Å²) >= 11 is 0. The summed E-state index contributed by atoms with van der Waals surface area (Å²) in [5.41, 5.74) is 0.802. The first kappa shape index (κ1) is 18.6. The number of rotatable bonds is 4. The van der Waals surface area contributed by atoms with Crippen molar-refractivity contribution in [1.82, 2.24) is 15.0 Å². The Hall–Kier alpha value is -6.65. The van der Waals surface area contributed by atoms with Crippen molar-refractivity contribution in [2.75, 3.05) is 0 Å². The highest BCUT2D eigenvalue weighted by molar-refractivity contribution is 6.13. The van der Waals surface area contributed by atoms with Crippen LogP contribution in [0.15, 0.2) is 168 Å². The van der Waals surface area contributed by atoms with Crippen molar-refractivity contribution < 1.29 is 19.5 Å². The lowest BCUT2D eigenvalue weighted by Crippen LogP contribution is -2.00. The number of hydrogen-bond acceptors (Lipinski definition) is 4. The molecule has 0 saturated carbocycles. The summed E-state index contributed by atoms with van der Waals surface area (Å²) in [6.07, 6.45) is 0. The quantitative estimate of drug-likeness (QED) is 0.193. The second kappa shape index (κ2) is 11.0. The first-order valence-electron chi connectivity index (χ1n) is 21.0. The SMILES string of the molecule is [2H]c1cc2c([2H])c(-c3nc(-c4ccc5ccccc5c4)nc(-c4c([2H])cc([2H])c5oc6c([2H])c([2H])c(-c7cccc8ccccc78)c([2H])c6c45)n3)c([2H])c([2H])c2c([2H])c1[2H]. The van der Waals surface area contributed by atoms with Gasteiger partial charge in [-0.1, -0.05) is 133 Å². The molecular weight excluding hydrogens is 599 g/mol. The van der Waals surface area contributed by atoms with Gasteiger partial charge in [-0.3, -0.25) is 0 Å². The van der Waals surface area contributed by atoms with Gasteiger partial charge in [-0.05, 0) is 73.7 Å². The Morgan fingerprint density at radius 2 is 1.22 bits per heavy atom. The lowest BCUT2D eigenvalue weighted by atomic mass is 9.96. The molecule has 2 heterocycles. The van der Waals surface area contributed by atoms with Crippen LogP contribution < -0.4 is 0 Å². The van der Waals surface area contributed by atoms with E-state index < -0.39 is 24.2 Å². The van der Waals surface area contributed by atoms with E-state index in [2.05, 4.69) is 0 Å². The summed E-state index contributed by atoms with van der Waals surface area (Å²) in [7, 11) is 0. The van der Waals surface area contributed by atoms with Gasteiger partial charge in [0.15, 0.2) is 17.5 Å². The van der Waals surface area contributed by atoms with E-state index in [1.54, 1.807) is 12.1 Å². The van der Waals surface area contributed by atoms with E-state index in [9.17, 15) is 4.11 Å². The summed E-state index contributed by atoms with van der Waals surface area (Å²) < 4.78 is 105. The van der Waals surface area contributed by atoms with E-state index in [1.807, 2.05) is 72.8 Å². The van der Waals surface area contributed by atoms with E-state index in [0.717, 1.165) is 21.5 Å². The normalized spacial score (nSPS) is 14.8. The third kappa shape index (κ3) is 4.65. The van der Waals surface area contributed by atoms with Crippen molar-refractivity contribution in [3.8, 4) is 45.3 Å². The van der Waals surface area contributed by atoms with Gasteiger partial charge < -0.3 is 4.42 Å². The van der Waals surface area contributed by atoms with Crippen LogP contribution in [-0.4, -0.2) is 15.0 Å². The van der Waals surface area contributed by atoms with Crippen LogP contribution in [0.1, 0.15) is 15.1 Å². The number of nitrogens with zero attached hydrogens (tertiary/aromatic N) is 3. The summed E-state index contributed by atoms with van der Waals surface area (Å²) in [6, 6.07) is 24.9. The van der Waals surface area contributed by atoms with Gasteiger partial charge in [0.25, 0.3) is 0 Å². The Morgan fingerprint density at radius 3 is 2.16 bits per heavy atom. The second-order valence-corrected chi connectivity index (χ2v) is 11.5. The number of aromatic nitrogens is 3. The van der Waals surface area contributed by atoms with E-state index in [-0.39, 0.29) is 109 Å². The zero-order chi connectivity index (χ0) is 41.9. The number of hydrogen-bond donors (Lipinski definition) is 0. The van der Waals surface area contributed by atoms with Crippen LogP contribution in [0.25, 0.3) is 99.5 Å². The average Bonchev–Trinajstić information content (AvgIpc) is 3.65. The van der Waals surface area contributed by atoms with E-state index in [4.69, 9.17) is 30.3 Å². The minimum absolute atomic E-state index is 0.00521. The van der Waals surface area contributed by atoms with Gasteiger partial charge in [-0.15, -0.1) is 0 Å². The van der Waals surface area contributed by atoms with Crippen molar-refractivity contribution in [2.45, 2.75) is 0 Å². The van der Waals surface area contributed by atoms with Gasteiger partial charge in [-0.2, -0.15) is 0 Å². The highest BCUT2D eigenvalue weighted by Crippen LogP contribution is 2.39. The van der Waals surface area contributed by atoms with Crippen LogP contribution in [0, 0.1) is 0 Å². The molecule has 0 N–H and O–H groups in total. The van der Waals surface area contributed by atoms with Gasteiger partial charge in [0, 0.05) is 27.5 Å². The maximum Gasteiger partial charge on any atom is 0.164 e. The third-order valence-electron chi connectivity index (χ3n) is 8.60. The maximum atomic E-state index is 9.67. The molecule has 10 aromatic rings. The van der Waals surface area contributed by atoms with Crippen LogP contribution in [0.3, 0.4) is 0 Å². The molecule has 0 amide bonds. The molecule has 2 aromatic heterocycles. The summed E-state index contributed by atoms with van der Waals surface area (Å²) in [4.78, 5) is 14.4. The molecule has 49 heavy (non-hydrogen) atoms. The highest BCUT2D eigenvalue weighted by Gasteiger charge is 2.19. The fourth-order valence-corrected chi connectivity index (χ4v) is 6.26. The van der Waals surface area contributed by atoms with Crippen LogP contribution in [0.4, 0.5) is 0 Å². The molecule has 4 nitrogen and oxygen atoms in total. The lowest BCUT2D eigenvalue weighted by molar-refractivity contribution is 0.669. The van der Waals surface area contributed by atoms with Crippen molar-refractivity contribution in [3.63, 3.8) is 0 Å². The van der Waals surface area contributed by atoms with Gasteiger partial charge in [0.2, 0.25) is 0 Å². The van der Waals surface area contributed by atoms with E-state index in [0.29, 0.717) is 11.1 Å². The molecular formula is C45H27N3O. The van der Waals surface area contributed by atoms with Crippen LogP contribution in [-0.2, 0) is 0 Å². The first-order valence-corrected chi connectivity index (χ1v) is 15.5. The molecule has 8 aromatic carbocycles. The fraction of sp³-hybridized carbons (Fsp3) is 0. The molecule has 4 heteroatoms. The predicted octanol–water partition coefficient (Wildman–Crippen LogP) is 11.9. The molecule has 0 aliphatic carbocycles. The van der Waals surface area contributed by atoms with Gasteiger partial charge >= 0.3 is 0 Å². The number of benzene rings is 8. The number of furan rings is 1. The molecule has 0 saturated heterocycles. The zero-order valence-electron chi connectivity index (χ0n) is 36.5. The molecule has 0 atom stereocenters. The minimum Gasteiger partial charge on any atom is -0.456 e. The van der Waals surface area contributed by atoms with Crippen LogP contribution >= 0.6 is 0 Å². The molecule has 10 rings (SSSR count). The zero-order valence-corrected chi connectivity index (χ0v) is 25.5. The Labute approximate surface area is 297 Å². The van der Waals surface area contributed by atoms with Crippen LogP contribution in [0.2, 0.25) is 0 Å². The highest BCUT2D eigenvalue weighted by atomic mass is 16.3. The fourth-order valence-electron chi connectivity index (χ4n) is 6.26. The summed E-state index contributed by atoms with van der Waals surface area (Å²) in [5.74, 6) is -0.306. The van der Waals surface area contributed by atoms with Crippen LogP contribution in [0.5, 0.6) is 0 Å². The second-order valence-electron chi connectivity index (χ2n) is 11.5. The predicted molar refractivity (Wildman–Crippen MR) is 201 cm³/mol. The lowest BCUT2D eigenvalue weighted by Gasteiger charge is -2.11. The van der Waals surface area contributed by atoms with Gasteiger partial charge in [0.05, 0.1) is 15.1 Å². The third-order valence-corrected chi connectivity index (χ3v) is 8.60. The molecule has 228 valence electrons. The van der Waals surface area contributed by atoms with Crippen molar-refractivity contribution in [2.24, 2.45) is 0 Å². The Balaban J connectivity index is 1.33. The topological polar surface area (TPSA) is 51.8 Å². The molecule has 0 aliphatic heterocycles. The summed E-state index contributed by atoms with van der Waals surface area (Å²) in [6.45, 7) is 0. The molecule has 0 aliphatic rings. The Bertz CT molecular complexity index is 3530. The molecule has 0 unspecified atom stereocenters. The van der Waals surface area contributed by atoms with Gasteiger partial charge in [0.1, 0.15) is 11.2 Å².